The van der Waals surface area contributed by atoms with Gasteiger partial charge in [0.1, 0.15) is 17.4 Å². The van der Waals surface area contributed by atoms with Gasteiger partial charge in [-0.15, -0.1) is 10.2 Å². The summed E-state index contributed by atoms with van der Waals surface area (Å²) in [6.07, 6.45) is 1.76. The van der Waals surface area contributed by atoms with Crippen molar-refractivity contribution in [1.82, 2.24) is 19.7 Å². The number of sulfonamides is 1. The van der Waals surface area contributed by atoms with Gasteiger partial charge in [0.25, 0.3) is 10.0 Å². The van der Waals surface area contributed by atoms with Crippen LogP contribution in [0.4, 0.5) is 15.2 Å². The molecule has 0 spiro atoms. The average Bonchev–Trinajstić information content (AvgIpc) is 3.53. The molecule has 12 heteroatoms. The second-order valence-corrected chi connectivity index (χ2v) is 11.3. The normalized spacial score (nSPS) is 17.4. The maximum absolute atomic E-state index is 14.5. The summed E-state index contributed by atoms with van der Waals surface area (Å²) >= 11 is 1.10. The van der Waals surface area contributed by atoms with Crippen molar-refractivity contribution in [2.45, 2.75) is 30.8 Å². The Labute approximate surface area is 212 Å². The Kier molecular flexibility index (Phi) is 6.39. The van der Waals surface area contributed by atoms with Gasteiger partial charge in [0.15, 0.2) is 0 Å². The fraction of sp³-hybridized carbons (Fsp3) is 0.292. The molecule has 5 rings (SSSR count). The van der Waals surface area contributed by atoms with Gasteiger partial charge >= 0.3 is 0 Å². The Hall–Kier alpha value is -3.51. The standard InChI is InChI=1S/C24H25FN6O3S2/c1-16-14-29(19-6-8-20(9-7-19)36(33,34)28-24-27-26-15-35-24)12-13-30(16)23(32)17(2)31-11-10-18-4-3-5-21(25)22(18)31/h3-11,15-17H,12-14H2,1-2H3,(H,27,28)/t16-,17+/m1/s1. The van der Waals surface area contributed by atoms with Crippen molar-refractivity contribution in [3.63, 3.8) is 0 Å². The third-order valence-corrected chi connectivity index (χ3v) is 8.56. The van der Waals surface area contributed by atoms with E-state index in [4.69, 9.17) is 0 Å². The van der Waals surface area contributed by atoms with Crippen LogP contribution in [0.15, 0.2) is 65.1 Å². The van der Waals surface area contributed by atoms with Crippen molar-refractivity contribution in [2.75, 3.05) is 29.3 Å². The van der Waals surface area contributed by atoms with Crippen molar-refractivity contribution >= 4 is 49.0 Å². The van der Waals surface area contributed by atoms with Gasteiger partial charge in [-0.3, -0.25) is 9.52 Å². The van der Waals surface area contributed by atoms with Crippen LogP contribution < -0.4 is 9.62 Å². The van der Waals surface area contributed by atoms with E-state index in [1.165, 1.54) is 11.6 Å². The zero-order chi connectivity index (χ0) is 25.4. The van der Waals surface area contributed by atoms with Crippen LogP contribution in [0.25, 0.3) is 10.9 Å². The monoisotopic (exact) mass is 528 g/mol. The van der Waals surface area contributed by atoms with E-state index in [1.807, 2.05) is 24.0 Å². The molecule has 4 aromatic rings. The second-order valence-electron chi connectivity index (χ2n) is 8.75. The number of nitrogens with zero attached hydrogens (tertiary/aromatic N) is 5. The summed E-state index contributed by atoms with van der Waals surface area (Å²) in [7, 11) is -3.75. The number of carbonyl (C=O) groups excluding carboxylic acids is 1. The minimum absolute atomic E-state index is 0.0629. The van der Waals surface area contributed by atoms with Crippen LogP contribution in [0.1, 0.15) is 19.9 Å². The molecule has 2 aromatic carbocycles. The maximum Gasteiger partial charge on any atom is 0.263 e. The molecule has 188 valence electrons. The largest absolute Gasteiger partial charge is 0.368 e. The number of carbonyl (C=O) groups is 1. The predicted octanol–water partition coefficient (Wildman–Crippen LogP) is 3.73. The van der Waals surface area contributed by atoms with E-state index in [0.29, 0.717) is 25.2 Å². The second kappa shape index (κ2) is 9.51. The molecular formula is C24H25FN6O3S2. The molecule has 1 N–H and O–H groups in total. The quantitative estimate of drug-likeness (QED) is 0.409. The molecule has 0 saturated carbocycles. The maximum atomic E-state index is 14.5. The molecule has 0 radical (unpaired) electrons. The lowest BCUT2D eigenvalue weighted by Gasteiger charge is -2.42. The van der Waals surface area contributed by atoms with E-state index in [1.54, 1.807) is 48.0 Å². The van der Waals surface area contributed by atoms with Gasteiger partial charge < -0.3 is 14.4 Å². The zero-order valence-electron chi connectivity index (χ0n) is 19.7. The Bertz CT molecular complexity index is 1490. The Morgan fingerprint density at radius 1 is 1.17 bits per heavy atom. The van der Waals surface area contributed by atoms with E-state index < -0.39 is 16.1 Å². The van der Waals surface area contributed by atoms with Gasteiger partial charge in [0.05, 0.1) is 10.4 Å². The molecule has 1 fully saturated rings. The average molecular weight is 529 g/mol. The summed E-state index contributed by atoms with van der Waals surface area (Å²) in [6.45, 7) is 5.47. The number of nitrogens with one attached hydrogen (secondary N) is 1. The number of piperazine rings is 1. The van der Waals surface area contributed by atoms with E-state index in [-0.39, 0.29) is 27.8 Å². The highest BCUT2D eigenvalue weighted by Gasteiger charge is 2.31. The van der Waals surface area contributed by atoms with E-state index in [0.717, 1.165) is 22.4 Å². The molecule has 0 bridgehead atoms. The van der Waals surface area contributed by atoms with Crippen LogP contribution in [0.2, 0.25) is 0 Å². The minimum atomic E-state index is -3.75. The zero-order valence-corrected chi connectivity index (χ0v) is 21.3. The number of amides is 1. The first-order chi connectivity index (χ1) is 17.2. The van der Waals surface area contributed by atoms with Crippen molar-refractivity contribution in [3.8, 4) is 0 Å². The number of para-hydroxylation sites is 1. The van der Waals surface area contributed by atoms with Crippen molar-refractivity contribution in [2.24, 2.45) is 0 Å². The molecule has 9 nitrogen and oxygen atoms in total. The van der Waals surface area contributed by atoms with Gasteiger partial charge in [0, 0.05) is 42.9 Å². The van der Waals surface area contributed by atoms with Crippen LogP contribution in [0.3, 0.4) is 0 Å². The van der Waals surface area contributed by atoms with Gasteiger partial charge in [-0.25, -0.2) is 12.8 Å². The van der Waals surface area contributed by atoms with Crippen LogP contribution in [0, 0.1) is 5.82 Å². The summed E-state index contributed by atoms with van der Waals surface area (Å²) in [5.74, 6) is -0.411. The van der Waals surface area contributed by atoms with Crippen LogP contribution in [0.5, 0.6) is 0 Å². The fourth-order valence-corrected chi connectivity index (χ4v) is 6.30. The number of rotatable bonds is 6. The molecule has 2 atom stereocenters. The van der Waals surface area contributed by atoms with Crippen molar-refractivity contribution in [1.29, 1.82) is 0 Å². The molecule has 3 heterocycles. The highest BCUT2D eigenvalue weighted by atomic mass is 32.2. The van der Waals surface area contributed by atoms with E-state index in [9.17, 15) is 17.6 Å². The Morgan fingerprint density at radius 3 is 2.64 bits per heavy atom. The predicted molar refractivity (Wildman–Crippen MR) is 137 cm³/mol. The van der Waals surface area contributed by atoms with Gasteiger partial charge in [-0.1, -0.05) is 23.5 Å². The number of anilines is 2. The smallest absolute Gasteiger partial charge is 0.263 e. The molecule has 1 amide bonds. The van der Waals surface area contributed by atoms with Crippen LogP contribution in [-0.4, -0.2) is 59.7 Å². The Balaban J connectivity index is 1.26. The number of hydrogen-bond donors (Lipinski definition) is 1. The number of fused-ring (bicyclic) bond motifs is 1. The number of hydrogen-bond acceptors (Lipinski definition) is 7. The lowest BCUT2D eigenvalue weighted by molar-refractivity contribution is -0.136. The van der Waals surface area contributed by atoms with Gasteiger partial charge in [-0.2, -0.15) is 0 Å². The molecule has 0 aliphatic carbocycles. The Morgan fingerprint density at radius 2 is 1.94 bits per heavy atom. The molecule has 1 aliphatic heterocycles. The summed E-state index contributed by atoms with van der Waals surface area (Å²) in [6, 6.07) is 12.7. The summed E-state index contributed by atoms with van der Waals surface area (Å²) in [4.78, 5) is 17.5. The third kappa shape index (κ3) is 4.53. The molecular weight excluding hydrogens is 503 g/mol. The molecule has 1 aliphatic rings. The van der Waals surface area contributed by atoms with Crippen LogP contribution >= 0.6 is 11.3 Å². The third-order valence-electron chi connectivity index (χ3n) is 6.47. The highest BCUT2D eigenvalue weighted by molar-refractivity contribution is 7.93. The number of benzene rings is 2. The highest BCUT2D eigenvalue weighted by Crippen LogP contribution is 2.27. The molecule has 2 aromatic heterocycles. The van der Waals surface area contributed by atoms with Crippen LogP contribution in [-0.2, 0) is 14.8 Å². The number of halogens is 1. The fourth-order valence-electron chi connectivity index (χ4n) is 4.60. The molecule has 36 heavy (non-hydrogen) atoms. The summed E-state index contributed by atoms with van der Waals surface area (Å²) < 4.78 is 43.7. The first kappa shape index (κ1) is 24.2. The SMILES string of the molecule is C[C@@H]1CN(c2ccc(S(=O)(=O)Nc3nncs3)cc2)CCN1C(=O)[C@H](C)n1ccc2cccc(F)c21. The van der Waals surface area contributed by atoms with Crippen molar-refractivity contribution in [3.05, 3.63) is 66.1 Å². The first-order valence-corrected chi connectivity index (χ1v) is 13.8. The van der Waals surface area contributed by atoms with Gasteiger partial charge in [0.2, 0.25) is 11.0 Å². The number of aromatic nitrogens is 3. The summed E-state index contributed by atoms with van der Waals surface area (Å²) in [5.41, 5.74) is 2.75. The first-order valence-electron chi connectivity index (χ1n) is 11.4. The topological polar surface area (TPSA) is 100 Å². The van der Waals surface area contributed by atoms with Gasteiger partial charge in [-0.05, 0) is 50.2 Å². The molecule has 1 saturated heterocycles. The summed E-state index contributed by atoms with van der Waals surface area (Å²) in [5, 5.41) is 8.31. The van der Waals surface area contributed by atoms with E-state index >= 15 is 0 Å². The molecule has 0 unspecified atom stereocenters. The lowest BCUT2D eigenvalue weighted by Crippen LogP contribution is -2.55. The van der Waals surface area contributed by atoms with E-state index in [2.05, 4.69) is 19.8 Å². The van der Waals surface area contributed by atoms with Crippen molar-refractivity contribution < 1.29 is 17.6 Å². The lowest BCUT2D eigenvalue weighted by atomic mass is 10.1. The minimum Gasteiger partial charge on any atom is -0.368 e.